The van der Waals surface area contributed by atoms with Crippen molar-refractivity contribution in [1.82, 2.24) is 10.2 Å². The van der Waals surface area contributed by atoms with E-state index in [-0.39, 0.29) is 42.3 Å². The van der Waals surface area contributed by atoms with Gasteiger partial charge < -0.3 is 21.3 Å². The molecule has 0 bridgehead atoms. The molecule has 7 heteroatoms. The van der Waals surface area contributed by atoms with E-state index in [1.807, 2.05) is 49.1 Å². The summed E-state index contributed by atoms with van der Waals surface area (Å²) in [5.41, 5.74) is 6.62. The summed E-state index contributed by atoms with van der Waals surface area (Å²) in [6.45, 7) is 4.92. The van der Waals surface area contributed by atoms with Gasteiger partial charge in [0.05, 0.1) is 5.92 Å². The van der Waals surface area contributed by atoms with Crippen molar-refractivity contribution in [2.24, 2.45) is 11.7 Å². The van der Waals surface area contributed by atoms with Crippen molar-refractivity contribution in [3.8, 4) is 0 Å². The molecule has 0 aliphatic carbocycles. The maximum Gasteiger partial charge on any atom is 0.319 e. The topological polar surface area (TPSA) is 87.5 Å². The van der Waals surface area contributed by atoms with Gasteiger partial charge in [-0.3, -0.25) is 4.79 Å². The Balaban J connectivity index is 0.00000312. The van der Waals surface area contributed by atoms with Gasteiger partial charge in [0.25, 0.3) is 0 Å². The predicted molar refractivity (Wildman–Crippen MR) is 103 cm³/mol. The normalized spacial score (nSPS) is 19.3. The van der Waals surface area contributed by atoms with Crippen molar-refractivity contribution < 1.29 is 9.59 Å². The molecule has 4 N–H and O–H groups in total. The van der Waals surface area contributed by atoms with Crippen LogP contribution in [0.3, 0.4) is 0 Å². The molecule has 1 aromatic carbocycles. The first kappa shape index (κ1) is 21.3. The molecule has 1 heterocycles. The number of likely N-dealkylation sites (tertiary alicyclic amines) is 1. The van der Waals surface area contributed by atoms with E-state index < -0.39 is 0 Å². The highest BCUT2D eigenvalue weighted by Gasteiger charge is 2.31. The van der Waals surface area contributed by atoms with Gasteiger partial charge in [0.1, 0.15) is 0 Å². The first-order valence-corrected chi connectivity index (χ1v) is 8.65. The van der Waals surface area contributed by atoms with E-state index in [2.05, 4.69) is 10.6 Å². The number of carbonyl (C=O) groups excluding carboxylic acids is 2. The number of nitrogens with one attached hydrogen (secondary N) is 2. The molecule has 6 nitrogen and oxygen atoms in total. The Morgan fingerprint density at radius 2 is 1.92 bits per heavy atom. The molecule has 0 radical (unpaired) electrons. The quantitative estimate of drug-likeness (QED) is 0.746. The fraction of sp³-hybridized carbons (Fsp3) is 0.556. The number of para-hydroxylation sites is 1. The molecule has 1 aromatic rings. The minimum absolute atomic E-state index is 0. The molecular weight excluding hydrogens is 340 g/mol. The van der Waals surface area contributed by atoms with Crippen LogP contribution in [0.25, 0.3) is 0 Å². The zero-order valence-electron chi connectivity index (χ0n) is 14.9. The Kier molecular flexibility index (Phi) is 8.72. The van der Waals surface area contributed by atoms with E-state index in [0.717, 1.165) is 31.5 Å². The first-order valence-electron chi connectivity index (χ1n) is 8.65. The Labute approximate surface area is 155 Å². The second-order valence-corrected chi connectivity index (χ2v) is 6.53. The number of halogens is 1. The number of anilines is 1. The molecule has 1 fully saturated rings. The highest BCUT2D eigenvalue weighted by molar-refractivity contribution is 5.89. The maximum absolute atomic E-state index is 12.6. The van der Waals surface area contributed by atoms with Crippen LogP contribution < -0.4 is 16.4 Å². The summed E-state index contributed by atoms with van der Waals surface area (Å²) in [5.74, 6) is -0.122. The van der Waals surface area contributed by atoms with Gasteiger partial charge in [0.2, 0.25) is 5.91 Å². The molecule has 0 spiro atoms. The largest absolute Gasteiger partial charge is 0.338 e. The second kappa shape index (κ2) is 10.3. The van der Waals surface area contributed by atoms with E-state index >= 15 is 0 Å². The lowest BCUT2D eigenvalue weighted by Crippen LogP contribution is -2.53. The third-order valence-corrected chi connectivity index (χ3v) is 4.62. The molecule has 2 rings (SSSR count). The van der Waals surface area contributed by atoms with Crippen molar-refractivity contribution in [2.75, 3.05) is 18.4 Å². The number of carbonyl (C=O) groups is 2. The van der Waals surface area contributed by atoms with Crippen LogP contribution in [0.1, 0.15) is 33.1 Å². The Morgan fingerprint density at radius 1 is 1.24 bits per heavy atom. The van der Waals surface area contributed by atoms with Crippen LogP contribution in [0.2, 0.25) is 0 Å². The zero-order chi connectivity index (χ0) is 17.5. The highest BCUT2D eigenvalue weighted by Crippen LogP contribution is 2.20. The van der Waals surface area contributed by atoms with E-state index in [1.54, 1.807) is 0 Å². The summed E-state index contributed by atoms with van der Waals surface area (Å²) >= 11 is 0. The number of hydrogen-bond donors (Lipinski definition) is 3. The minimum atomic E-state index is -0.251. The van der Waals surface area contributed by atoms with E-state index in [9.17, 15) is 9.59 Å². The molecule has 1 aliphatic rings. The average Bonchev–Trinajstić information content (AvgIpc) is 2.59. The van der Waals surface area contributed by atoms with Crippen molar-refractivity contribution >= 4 is 30.0 Å². The third kappa shape index (κ3) is 6.21. The molecule has 0 saturated carbocycles. The van der Waals surface area contributed by atoms with Gasteiger partial charge in [0.15, 0.2) is 0 Å². The van der Waals surface area contributed by atoms with Gasteiger partial charge in [-0.05, 0) is 38.3 Å². The number of nitrogens with two attached hydrogens (primary N) is 1. The molecule has 1 aliphatic heterocycles. The zero-order valence-corrected chi connectivity index (χ0v) is 15.7. The molecule has 3 amide bonds. The summed E-state index contributed by atoms with van der Waals surface area (Å²) in [6, 6.07) is 8.91. The number of nitrogens with zero attached hydrogens (tertiary/aromatic N) is 1. The first-order chi connectivity index (χ1) is 11.5. The van der Waals surface area contributed by atoms with E-state index in [4.69, 9.17) is 5.73 Å². The van der Waals surface area contributed by atoms with Crippen LogP contribution in [-0.2, 0) is 4.79 Å². The lowest BCUT2D eigenvalue weighted by Gasteiger charge is -2.38. The van der Waals surface area contributed by atoms with Crippen LogP contribution in [-0.4, -0.2) is 42.0 Å². The lowest BCUT2D eigenvalue weighted by molar-refractivity contribution is -0.139. The molecule has 3 unspecified atom stereocenters. The van der Waals surface area contributed by atoms with Crippen molar-refractivity contribution in [2.45, 2.75) is 45.2 Å². The van der Waals surface area contributed by atoms with Crippen LogP contribution in [0.15, 0.2) is 30.3 Å². The second-order valence-electron chi connectivity index (χ2n) is 6.53. The standard InChI is InChI=1S/C18H28N4O2.ClH/c1-13(14(2)19)17(23)22-11-7-6-10-16(22)12-20-18(24)21-15-8-4-3-5-9-15;/h3-5,8-9,13-14,16H,6-7,10-12,19H2,1-2H3,(H2,20,21,24);1H. The Hall–Kier alpha value is -1.79. The molecule has 0 aromatic heterocycles. The highest BCUT2D eigenvalue weighted by atomic mass is 35.5. The van der Waals surface area contributed by atoms with Gasteiger partial charge in [-0.25, -0.2) is 4.79 Å². The van der Waals surface area contributed by atoms with Crippen LogP contribution in [0.5, 0.6) is 0 Å². The van der Waals surface area contributed by atoms with Crippen molar-refractivity contribution in [1.29, 1.82) is 0 Å². The summed E-state index contributed by atoms with van der Waals surface area (Å²) in [4.78, 5) is 26.5. The Bertz CT molecular complexity index is 553. The van der Waals surface area contributed by atoms with E-state index in [0.29, 0.717) is 6.54 Å². The lowest BCUT2D eigenvalue weighted by atomic mass is 9.97. The van der Waals surface area contributed by atoms with Gasteiger partial charge >= 0.3 is 6.03 Å². The monoisotopic (exact) mass is 368 g/mol. The maximum atomic E-state index is 12.6. The van der Waals surface area contributed by atoms with Gasteiger partial charge in [-0.15, -0.1) is 12.4 Å². The number of piperidine rings is 1. The van der Waals surface area contributed by atoms with E-state index in [1.165, 1.54) is 0 Å². The summed E-state index contributed by atoms with van der Waals surface area (Å²) in [5, 5.41) is 5.67. The van der Waals surface area contributed by atoms with Crippen LogP contribution in [0.4, 0.5) is 10.5 Å². The molecule has 140 valence electrons. The van der Waals surface area contributed by atoms with Crippen molar-refractivity contribution in [3.63, 3.8) is 0 Å². The SMILES string of the molecule is CC(N)C(C)C(=O)N1CCCCC1CNC(=O)Nc1ccccc1.Cl. The smallest absolute Gasteiger partial charge is 0.319 e. The number of hydrogen-bond acceptors (Lipinski definition) is 3. The molecule has 3 atom stereocenters. The third-order valence-electron chi connectivity index (χ3n) is 4.62. The van der Waals surface area contributed by atoms with Crippen LogP contribution >= 0.6 is 12.4 Å². The van der Waals surface area contributed by atoms with Gasteiger partial charge in [0, 0.05) is 30.9 Å². The van der Waals surface area contributed by atoms with Gasteiger partial charge in [-0.1, -0.05) is 25.1 Å². The number of urea groups is 1. The molecular formula is C18H29ClN4O2. The average molecular weight is 369 g/mol. The van der Waals surface area contributed by atoms with Crippen molar-refractivity contribution in [3.05, 3.63) is 30.3 Å². The summed E-state index contributed by atoms with van der Waals surface area (Å²) < 4.78 is 0. The predicted octanol–water partition coefficient (Wildman–Crippen LogP) is 2.59. The fourth-order valence-electron chi connectivity index (χ4n) is 2.90. The fourth-order valence-corrected chi connectivity index (χ4v) is 2.90. The molecule has 1 saturated heterocycles. The number of rotatable bonds is 5. The number of amides is 3. The minimum Gasteiger partial charge on any atom is -0.338 e. The molecule has 25 heavy (non-hydrogen) atoms. The number of benzene rings is 1. The van der Waals surface area contributed by atoms with Crippen LogP contribution in [0, 0.1) is 5.92 Å². The summed E-state index contributed by atoms with van der Waals surface area (Å²) in [7, 11) is 0. The Morgan fingerprint density at radius 3 is 2.56 bits per heavy atom. The summed E-state index contributed by atoms with van der Waals surface area (Å²) in [6.07, 6.45) is 2.98. The van der Waals surface area contributed by atoms with Gasteiger partial charge in [-0.2, -0.15) is 0 Å².